The maximum Gasteiger partial charge on any atom is 0.291 e. The smallest absolute Gasteiger partial charge is 0.291 e. The lowest BCUT2D eigenvalue weighted by Crippen LogP contribution is -2.27. The minimum atomic E-state index is -0.364. The first-order valence-corrected chi connectivity index (χ1v) is 11.5. The molecule has 1 unspecified atom stereocenters. The molecule has 0 bridgehead atoms. The van der Waals surface area contributed by atoms with Crippen molar-refractivity contribution in [2.24, 2.45) is 11.3 Å². The second-order valence-electron chi connectivity index (χ2n) is 8.91. The number of hydrogen-bond acceptors (Lipinski definition) is 4. The van der Waals surface area contributed by atoms with Crippen molar-refractivity contribution in [3.63, 3.8) is 0 Å². The van der Waals surface area contributed by atoms with Gasteiger partial charge in [0.1, 0.15) is 5.00 Å². The lowest BCUT2D eigenvalue weighted by Gasteiger charge is -2.33. The molecule has 0 aliphatic heterocycles. The maximum absolute atomic E-state index is 13.3. The highest BCUT2D eigenvalue weighted by molar-refractivity contribution is 7.17. The summed E-state index contributed by atoms with van der Waals surface area (Å²) in [6, 6.07) is 10.2. The van der Waals surface area contributed by atoms with Gasteiger partial charge in [-0.05, 0) is 72.6 Å². The van der Waals surface area contributed by atoms with Crippen LogP contribution < -0.4 is 10.6 Å². The average Bonchev–Trinajstić information content (AvgIpc) is 3.36. The molecule has 4 rings (SSSR count). The van der Waals surface area contributed by atoms with E-state index in [-0.39, 0.29) is 23.0 Å². The van der Waals surface area contributed by atoms with E-state index in [4.69, 9.17) is 16.0 Å². The summed E-state index contributed by atoms with van der Waals surface area (Å²) in [4.78, 5) is 27.1. The normalized spacial score (nSPS) is 15.9. The van der Waals surface area contributed by atoms with Crippen LogP contribution in [0.3, 0.4) is 0 Å². The van der Waals surface area contributed by atoms with E-state index in [0.29, 0.717) is 27.2 Å². The molecular formula is C24H25ClN2O3S. The van der Waals surface area contributed by atoms with Crippen LogP contribution in [-0.4, -0.2) is 11.8 Å². The average molecular weight is 457 g/mol. The summed E-state index contributed by atoms with van der Waals surface area (Å²) in [5, 5.41) is 7.01. The summed E-state index contributed by atoms with van der Waals surface area (Å²) in [6.07, 6.45) is 4.19. The summed E-state index contributed by atoms with van der Waals surface area (Å²) < 4.78 is 5.22. The predicted octanol–water partition coefficient (Wildman–Crippen LogP) is 6.65. The Kier molecular flexibility index (Phi) is 5.95. The molecule has 3 aromatic rings. The summed E-state index contributed by atoms with van der Waals surface area (Å²) in [6.45, 7) is 6.76. The Morgan fingerprint density at radius 3 is 2.48 bits per heavy atom. The number of furan rings is 1. The number of fused-ring (bicyclic) bond motifs is 1. The summed E-state index contributed by atoms with van der Waals surface area (Å²) in [7, 11) is 0. The molecule has 0 radical (unpaired) electrons. The fourth-order valence-corrected chi connectivity index (χ4v) is 5.40. The number of rotatable bonds is 4. The van der Waals surface area contributed by atoms with Gasteiger partial charge < -0.3 is 15.1 Å². The van der Waals surface area contributed by atoms with Crippen LogP contribution in [0, 0.1) is 11.3 Å². The van der Waals surface area contributed by atoms with Gasteiger partial charge >= 0.3 is 0 Å². The molecule has 1 atom stereocenters. The van der Waals surface area contributed by atoms with Gasteiger partial charge in [0.2, 0.25) is 0 Å². The third-order valence-electron chi connectivity index (χ3n) is 5.79. The number of hydrogen-bond donors (Lipinski definition) is 2. The molecule has 0 saturated carbocycles. The fraction of sp³-hybridized carbons (Fsp3) is 0.333. The minimum Gasteiger partial charge on any atom is -0.459 e. The van der Waals surface area contributed by atoms with Gasteiger partial charge in [0.25, 0.3) is 11.8 Å². The van der Waals surface area contributed by atoms with Gasteiger partial charge in [0.15, 0.2) is 5.76 Å². The Hall–Kier alpha value is -2.57. The van der Waals surface area contributed by atoms with E-state index in [9.17, 15) is 9.59 Å². The molecule has 0 saturated heterocycles. The Bertz CT molecular complexity index is 1100. The molecule has 0 fully saturated rings. The van der Waals surface area contributed by atoms with Gasteiger partial charge in [0, 0.05) is 15.6 Å². The highest BCUT2D eigenvalue weighted by atomic mass is 35.5. The van der Waals surface area contributed by atoms with Crippen molar-refractivity contribution in [2.75, 3.05) is 10.6 Å². The molecular weight excluding hydrogens is 432 g/mol. The topological polar surface area (TPSA) is 71.3 Å². The molecule has 1 aliphatic rings. The van der Waals surface area contributed by atoms with Crippen molar-refractivity contribution < 1.29 is 14.0 Å². The Morgan fingerprint density at radius 2 is 1.84 bits per heavy atom. The van der Waals surface area contributed by atoms with E-state index in [0.717, 1.165) is 24.8 Å². The Labute approximate surface area is 190 Å². The summed E-state index contributed by atoms with van der Waals surface area (Å²) in [5.74, 6) is 0.141. The van der Waals surface area contributed by atoms with E-state index >= 15 is 0 Å². The van der Waals surface area contributed by atoms with Crippen LogP contribution in [0.2, 0.25) is 5.02 Å². The van der Waals surface area contributed by atoms with Crippen molar-refractivity contribution >= 4 is 45.4 Å². The number of halogens is 1. The molecule has 7 heteroatoms. The van der Waals surface area contributed by atoms with E-state index in [2.05, 4.69) is 31.4 Å². The molecule has 1 aliphatic carbocycles. The number of benzene rings is 1. The monoisotopic (exact) mass is 456 g/mol. The molecule has 5 nitrogen and oxygen atoms in total. The van der Waals surface area contributed by atoms with Crippen LogP contribution in [0.5, 0.6) is 0 Å². The van der Waals surface area contributed by atoms with Gasteiger partial charge in [-0.3, -0.25) is 9.59 Å². The number of amides is 2. The third kappa shape index (κ3) is 4.70. The largest absolute Gasteiger partial charge is 0.459 e. The zero-order valence-electron chi connectivity index (χ0n) is 17.8. The highest BCUT2D eigenvalue weighted by Gasteiger charge is 2.34. The molecule has 2 heterocycles. The van der Waals surface area contributed by atoms with Crippen LogP contribution >= 0.6 is 22.9 Å². The van der Waals surface area contributed by atoms with Gasteiger partial charge in [-0.1, -0.05) is 32.4 Å². The zero-order valence-corrected chi connectivity index (χ0v) is 19.3. The van der Waals surface area contributed by atoms with E-state index in [1.54, 1.807) is 36.4 Å². The first-order chi connectivity index (χ1) is 14.7. The van der Waals surface area contributed by atoms with Crippen LogP contribution in [0.25, 0.3) is 0 Å². The van der Waals surface area contributed by atoms with Crippen molar-refractivity contribution in [2.45, 2.75) is 40.0 Å². The third-order valence-corrected chi connectivity index (χ3v) is 7.21. The first-order valence-electron chi connectivity index (χ1n) is 10.3. The maximum atomic E-state index is 13.3. The molecule has 31 heavy (non-hydrogen) atoms. The second-order valence-corrected chi connectivity index (χ2v) is 10.4. The minimum absolute atomic E-state index is 0.186. The summed E-state index contributed by atoms with van der Waals surface area (Å²) in [5.41, 5.74) is 2.42. The van der Waals surface area contributed by atoms with E-state index in [1.807, 2.05) is 0 Å². The van der Waals surface area contributed by atoms with E-state index < -0.39 is 0 Å². The van der Waals surface area contributed by atoms with Crippen LogP contribution in [-0.2, 0) is 12.8 Å². The SMILES string of the molecule is CC(C)(C)C1CCc2c(sc(NC(=O)c3ccco3)c2C(=O)Nc2ccc(Cl)cc2)C1. The van der Waals surface area contributed by atoms with Gasteiger partial charge in [-0.25, -0.2) is 0 Å². The predicted molar refractivity (Wildman–Crippen MR) is 125 cm³/mol. The molecule has 2 amide bonds. The number of carbonyl (C=O) groups excluding carboxylic acids is 2. The Balaban J connectivity index is 1.67. The molecule has 2 aromatic heterocycles. The molecule has 2 N–H and O–H groups in total. The lowest BCUT2D eigenvalue weighted by atomic mass is 9.72. The van der Waals surface area contributed by atoms with E-state index in [1.165, 1.54) is 22.5 Å². The van der Waals surface area contributed by atoms with Gasteiger partial charge in [-0.2, -0.15) is 0 Å². The standard InChI is InChI=1S/C24H25ClN2O3S/c1-24(2,3)14-6-11-17-19(13-14)31-23(27-21(28)18-5-4-12-30-18)20(17)22(29)26-16-9-7-15(25)8-10-16/h4-5,7-10,12,14H,6,11,13H2,1-3H3,(H,26,29)(H,27,28). The first kappa shape index (κ1) is 21.7. The summed E-state index contributed by atoms with van der Waals surface area (Å²) >= 11 is 7.45. The van der Waals surface area contributed by atoms with Crippen LogP contribution in [0.15, 0.2) is 47.1 Å². The fourth-order valence-electron chi connectivity index (χ4n) is 3.95. The highest BCUT2D eigenvalue weighted by Crippen LogP contribution is 2.44. The second kappa shape index (κ2) is 8.52. The quantitative estimate of drug-likeness (QED) is 0.461. The van der Waals surface area contributed by atoms with Crippen LogP contribution in [0.4, 0.5) is 10.7 Å². The Morgan fingerprint density at radius 1 is 1.10 bits per heavy atom. The van der Waals surface area contributed by atoms with Crippen LogP contribution in [0.1, 0.15) is 58.5 Å². The van der Waals surface area contributed by atoms with Crippen molar-refractivity contribution in [1.82, 2.24) is 0 Å². The number of nitrogens with one attached hydrogen (secondary N) is 2. The molecule has 0 spiro atoms. The van der Waals surface area contributed by atoms with Crippen molar-refractivity contribution in [1.29, 1.82) is 0 Å². The van der Waals surface area contributed by atoms with Gasteiger partial charge in [0.05, 0.1) is 11.8 Å². The number of carbonyl (C=O) groups is 2. The van der Waals surface area contributed by atoms with Gasteiger partial charge in [-0.15, -0.1) is 11.3 Å². The number of thiophene rings is 1. The lowest BCUT2D eigenvalue weighted by molar-refractivity contribution is 0.0997. The number of anilines is 2. The molecule has 162 valence electrons. The van der Waals surface area contributed by atoms with Crippen molar-refractivity contribution in [3.05, 3.63) is 69.4 Å². The van der Waals surface area contributed by atoms with Crippen molar-refractivity contribution in [3.8, 4) is 0 Å². The molecule has 1 aromatic carbocycles. The zero-order chi connectivity index (χ0) is 22.2.